The van der Waals surface area contributed by atoms with Gasteiger partial charge in [-0.15, -0.1) is 0 Å². The number of alkyl halides is 4. The average molecular weight is 995 g/mol. The third-order valence-corrected chi connectivity index (χ3v) is 14.1. The number of halogens is 6. The number of carbonyl (C=O) groups excluding carboxylic acids is 1. The zero-order valence-corrected chi connectivity index (χ0v) is 41.0. The van der Waals surface area contributed by atoms with Crippen molar-refractivity contribution < 1.29 is 50.4 Å². The molecule has 374 valence electrons. The molecule has 1 amide bonds. The first kappa shape index (κ1) is 49.1. The highest BCUT2D eigenvalue weighted by atomic mass is 35.5. The first-order valence-electron chi connectivity index (χ1n) is 23.5. The Bertz CT molecular complexity index is 2710. The molecule has 13 nitrogen and oxygen atoms in total. The molecule has 0 N–H and O–H groups in total. The second-order valence-corrected chi connectivity index (χ2v) is 20.0. The number of aryl methyl sites for hydroxylation is 1. The molecule has 70 heavy (non-hydrogen) atoms. The summed E-state index contributed by atoms with van der Waals surface area (Å²) in [6.07, 6.45) is -5.23. The summed E-state index contributed by atoms with van der Waals surface area (Å²) in [6.45, 7) is 10.4. The standard InChI is InChI=1S/C51H57ClF5N7O6/c1-29-23-37(62(25-31-9-13-34(66-6)14-10-31)26-32-11-15-35(67-7)16-12-32)58-43(40(29)51(55,56)57)38-41(52)45-39-44(42(38)54)59-47(68-28-50-18-8-19-63(50)27-33(53)24-50)60-46(39)64-22-21-61(48(65)70-49(3,4)5)20-17-36(64)30(2)69-45/h9-16,23,30,33,36H,8,17-22,24-28H2,1-7H3/t30-,33+,36-,50-/m0/s1. The first-order chi connectivity index (χ1) is 33.3. The molecule has 5 aromatic rings. The number of ether oxygens (including phenoxy) is 5. The fourth-order valence-electron chi connectivity index (χ4n) is 10.4. The third kappa shape index (κ3) is 9.64. The molecule has 0 radical (unpaired) electrons. The number of carbonyl (C=O) groups is 1. The van der Waals surface area contributed by atoms with E-state index in [0.29, 0.717) is 30.9 Å². The van der Waals surface area contributed by atoms with Crippen LogP contribution in [-0.4, -0.2) is 114 Å². The van der Waals surface area contributed by atoms with Crippen LogP contribution in [0.1, 0.15) is 75.6 Å². The molecule has 0 bridgehead atoms. The van der Waals surface area contributed by atoms with Gasteiger partial charge in [0.25, 0.3) is 0 Å². The summed E-state index contributed by atoms with van der Waals surface area (Å²) in [7, 11) is 3.10. The zero-order valence-electron chi connectivity index (χ0n) is 40.3. The minimum absolute atomic E-state index is 0.00468. The Labute approximate surface area is 408 Å². The van der Waals surface area contributed by atoms with Gasteiger partial charge >= 0.3 is 18.3 Å². The third-order valence-electron chi connectivity index (χ3n) is 13.8. The van der Waals surface area contributed by atoms with Crippen LogP contribution in [0.25, 0.3) is 22.2 Å². The predicted molar refractivity (Wildman–Crippen MR) is 256 cm³/mol. The monoisotopic (exact) mass is 993 g/mol. The lowest BCUT2D eigenvalue weighted by Gasteiger charge is -2.33. The van der Waals surface area contributed by atoms with E-state index in [2.05, 4.69) is 9.88 Å². The molecular formula is C51H57ClF5N7O6. The summed E-state index contributed by atoms with van der Waals surface area (Å²) in [5.41, 5.74) is -3.04. The van der Waals surface area contributed by atoms with E-state index in [-0.39, 0.29) is 86.6 Å². The lowest BCUT2D eigenvalue weighted by molar-refractivity contribution is -0.137. The van der Waals surface area contributed by atoms with Gasteiger partial charge in [0, 0.05) is 45.7 Å². The number of fused-ring (bicyclic) bond motifs is 3. The Morgan fingerprint density at radius 2 is 1.60 bits per heavy atom. The molecule has 3 fully saturated rings. The number of hydrogen-bond acceptors (Lipinski definition) is 12. The zero-order chi connectivity index (χ0) is 49.9. The van der Waals surface area contributed by atoms with E-state index in [1.54, 1.807) is 76.0 Å². The number of aromatic nitrogens is 3. The first-order valence-corrected chi connectivity index (χ1v) is 23.9. The van der Waals surface area contributed by atoms with E-state index < -0.39 is 74.9 Å². The van der Waals surface area contributed by atoms with Crippen LogP contribution in [0.5, 0.6) is 23.3 Å². The fourth-order valence-corrected chi connectivity index (χ4v) is 10.7. The molecule has 6 heterocycles. The van der Waals surface area contributed by atoms with Gasteiger partial charge in [0.1, 0.15) is 53.1 Å². The van der Waals surface area contributed by atoms with Crippen molar-refractivity contribution in [3.8, 4) is 34.5 Å². The summed E-state index contributed by atoms with van der Waals surface area (Å²) in [6, 6.07) is 15.1. The maximum absolute atomic E-state index is 18.2. The van der Waals surface area contributed by atoms with E-state index in [1.807, 2.05) is 29.2 Å². The molecule has 4 aliphatic heterocycles. The van der Waals surface area contributed by atoms with E-state index in [9.17, 15) is 9.18 Å². The van der Waals surface area contributed by atoms with Crippen LogP contribution in [0, 0.1) is 12.7 Å². The van der Waals surface area contributed by atoms with E-state index in [1.165, 1.54) is 13.0 Å². The molecule has 3 saturated heterocycles. The Hall–Kier alpha value is -5.88. The van der Waals surface area contributed by atoms with Crippen molar-refractivity contribution in [2.24, 2.45) is 0 Å². The molecule has 3 aromatic carbocycles. The van der Waals surface area contributed by atoms with Gasteiger partial charge in [-0.1, -0.05) is 35.9 Å². The number of pyridine rings is 1. The number of hydrogen-bond donors (Lipinski definition) is 0. The maximum Gasteiger partial charge on any atom is 0.418 e. The molecule has 0 unspecified atom stereocenters. The van der Waals surface area contributed by atoms with E-state index in [4.69, 9.17) is 45.3 Å². The summed E-state index contributed by atoms with van der Waals surface area (Å²) >= 11 is 7.29. The van der Waals surface area contributed by atoms with Gasteiger partial charge in [-0.2, -0.15) is 23.1 Å². The number of methoxy groups -OCH3 is 2. The van der Waals surface area contributed by atoms with Crippen LogP contribution in [0.2, 0.25) is 5.02 Å². The van der Waals surface area contributed by atoms with Gasteiger partial charge in [-0.25, -0.2) is 18.6 Å². The predicted octanol–water partition coefficient (Wildman–Crippen LogP) is 10.6. The molecule has 4 atom stereocenters. The quantitative estimate of drug-likeness (QED) is 0.117. The number of rotatable bonds is 11. The smallest absolute Gasteiger partial charge is 0.418 e. The van der Waals surface area contributed by atoms with Crippen LogP contribution in [0.15, 0.2) is 54.6 Å². The van der Waals surface area contributed by atoms with E-state index in [0.717, 1.165) is 17.5 Å². The highest BCUT2D eigenvalue weighted by Crippen LogP contribution is 2.52. The lowest BCUT2D eigenvalue weighted by atomic mass is 9.95. The summed E-state index contributed by atoms with van der Waals surface area (Å²) in [4.78, 5) is 34.9. The minimum atomic E-state index is -5.03. The summed E-state index contributed by atoms with van der Waals surface area (Å²) in [5.74, 6) is 0.196. The topological polar surface area (TPSA) is 115 Å². The van der Waals surface area contributed by atoms with Gasteiger partial charge in [-0.05, 0) is 107 Å². The van der Waals surface area contributed by atoms with Crippen molar-refractivity contribution in [1.82, 2.24) is 24.8 Å². The molecule has 19 heteroatoms. The van der Waals surface area contributed by atoms with Crippen molar-refractivity contribution in [2.75, 3.05) is 63.4 Å². The Morgan fingerprint density at radius 3 is 2.21 bits per heavy atom. The summed E-state index contributed by atoms with van der Waals surface area (Å²) < 4.78 is 109. The van der Waals surface area contributed by atoms with Crippen molar-refractivity contribution in [3.05, 3.63) is 87.7 Å². The van der Waals surface area contributed by atoms with Crippen molar-refractivity contribution in [1.29, 1.82) is 0 Å². The average Bonchev–Trinajstić information content (AvgIpc) is 3.69. The van der Waals surface area contributed by atoms with Crippen LogP contribution < -0.4 is 28.7 Å². The number of benzene rings is 3. The SMILES string of the molecule is COc1ccc(CN(Cc2ccc(OC)cc2)c2cc(C)c(C(F)(F)F)c(-c3c(Cl)c4c5c(nc(OC[C@@]67CCCN6C[C@H](F)C7)nc5c3F)N3CCN(C(=O)OC(C)(C)C)CC[C@H]3[C@H](C)O4)n2)cc1. The van der Waals surface area contributed by atoms with Gasteiger partial charge in [0.15, 0.2) is 11.6 Å². The fraction of sp³-hybridized carbons (Fsp3) is 0.490. The van der Waals surface area contributed by atoms with Crippen LogP contribution in [-0.2, 0) is 24.0 Å². The molecular weight excluding hydrogens is 937 g/mol. The maximum atomic E-state index is 18.2. The van der Waals surface area contributed by atoms with Crippen LogP contribution in [0.4, 0.5) is 38.4 Å². The number of anilines is 2. The van der Waals surface area contributed by atoms with Gasteiger partial charge in [0.2, 0.25) is 0 Å². The van der Waals surface area contributed by atoms with Crippen molar-refractivity contribution in [2.45, 2.75) is 109 Å². The van der Waals surface area contributed by atoms with Crippen molar-refractivity contribution in [3.63, 3.8) is 0 Å². The normalized spacial score (nSPS) is 21.4. The largest absolute Gasteiger partial charge is 0.497 e. The highest BCUT2D eigenvalue weighted by molar-refractivity contribution is 6.36. The number of nitrogens with zero attached hydrogens (tertiary/aromatic N) is 7. The Morgan fingerprint density at radius 1 is 0.943 bits per heavy atom. The second kappa shape index (κ2) is 19.0. The van der Waals surface area contributed by atoms with Crippen molar-refractivity contribution >= 4 is 40.2 Å². The van der Waals surface area contributed by atoms with E-state index >= 15 is 17.6 Å². The Balaban J connectivity index is 1.22. The molecule has 4 aliphatic rings. The van der Waals surface area contributed by atoms with Crippen LogP contribution in [0.3, 0.4) is 0 Å². The Kier molecular flexibility index (Phi) is 13.4. The lowest BCUT2D eigenvalue weighted by Crippen LogP contribution is -2.45. The van der Waals surface area contributed by atoms with Gasteiger partial charge < -0.3 is 38.4 Å². The summed E-state index contributed by atoms with van der Waals surface area (Å²) in [5, 5.41) is -0.429. The molecule has 0 aliphatic carbocycles. The molecule has 0 spiro atoms. The highest BCUT2D eigenvalue weighted by Gasteiger charge is 2.50. The molecule has 0 saturated carbocycles. The molecule has 2 aromatic heterocycles. The van der Waals surface area contributed by atoms with Gasteiger partial charge in [-0.3, -0.25) is 4.90 Å². The number of amides is 1. The van der Waals surface area contributed by atoms with Crippen LogP contribution >= 0.6 is 11.6 Å². The molecule has 9 rings (SSSR count). The second-order valence-electron chi connectivity index (χ2n) is 19.7. The van der Waals surface area contributed by atoms with Gasteiger partial charge in [0.05, 0.1) is 53.0 Å². The minimum Gasteiger partial charge on any atom is -0.497 e.